The zero-order valence-electron chi connectivity index (χ0n) is 48.2. The lowest BCUT2D eigenvalue weighted by molar-refractivity contribution is -0.167. The van der Waals surface area contributed by atoms with Crippen molar-refractivity contribution in [3.63, 3.8) is 0 Å². The van der Waals surface area contributed by atoms with E-state index < -0.39 is 24.0 Å². The Labute approximate surface area is 493 Å². The number of hydrogen-bond donors (Lipinski definition) is 0. The molecule has 0 aliphatic heterocycles. The predicted molar refractivity (Wildman–Crippen MR) is 323 cm³/mol. The highest BCUT2D eigenvalue weighted by atomic mass is 32.1. The standard InChI is InChI=1S/C63H86N6O9S3/c1-4-7-10-13-16-28-52-49(55-45-79-67-64-55)31-25-34-58(52)73-40-22-19-37-61(70)76-43-48(78-63(72)39-21-24-42-75-60-36-27-33-51(57-47-81-69-66-57)54(60)30-18-15-12-9-6-3)44-77-62(71)38-20-23-41-74-59-35-26-32-50(56-46-80-68-65-56)53(59)29-17-14-11-8-5-2/h25-27,31-36,45-48H,4-24,28-30,37-44H2,1-3H3. The molecule has 3 aromatic heterocycles. The summed E-state index contributed by atoms with van der Waals surface area (Å²) >= 11 is 3.99. The van der Waals surface area contributed by atoms with Gasteiger partial charge in [0.15, 0.2) is 6.10 Å². The summed E-state index contributed by atoms with van der Waals surface area (Å²) in [6, 6.07) is 18.2. The lowest BCUT2D eigenvalue weighted by Gasteiger charge is -2.18. The van der Waals surface area contributed by atoms with Gasteiger partial charge in [0.1, 0.15) is 47.5 Å². The van der Waals surface area contributed by atoms with Crippen molar-refractivity contribution < 1.29 is 42.8 Å². The maximum Gasteiger partial charge on any atom is 0.306 e. The summed E-state index contributed by atoms with van der Waals surface area (Å²) in [4.78, 5) is 39.6. The lowest BCUT2D eigenvalue weighted by Crippen LogP contribution is -2.31. The fourth-order valence-electron chi connectivity index (χ4n) is 9.70. The molecule has 0 aliphatic carbocycles. The van der Waals surface area contributed by atoms with Gasteiger partial charge in [0.25, 0.3) is 0 Å². The van der Waals surface area contributed by atoms with Gasteiger partial charge >= 0.3 is 17.9 Å². The second-order valence-corrected chi connectivity index (χ2v) is 22.4. The first kappa shape index (κ1) is 64.3. The average molecular weight is 1170 g/mol. The van der Waals surface area contributed by atoms with Gasteiger partial charge in [-0.05, 0) is 130 Å². The second kappa shape index (κ2) is 38.8. The Kier molecular flexibility index (Phi) is 30.8. The van der Waals surface area contributed by atoms with Crippen molar-refractivity contribution in [2.45, 2.75) is 200 Å². The van der Waals surface area contributed by atoms with Crippen LogP contribution in [-0.2, 0) is 47.9 Å². The Bertz CT molecular complexity index is 2550. The molecule has 0 saturated heterocycles. The zero-order valence-corrected chi connectivity index (χ0v) is 50.7. The molecule has 0 aliphatic rings. The molecule has 6 aromatic rings. The molecular weight excluding hydrogens is 1080 g/mol. The van der Waals surface area contributed by atoms with Crippen molar-refractivity contribution in [3.8, 4) is 51.0 Å². The number of benzene rings is 3. The maximum atomic E-state index is 13.3. The molecule has 0 saturated carbocycles. The van der Waals surface area contributed by atoms with Crippen molar-refractivity contribution in [2.24, 2.45) is 0 Å². The summed E-state index contributed by atoms with van der Waals surface area (Å²) in [6.07, 6.45) is 23.1. The molecule has 6 rings (SSSR count). The minimum Gasteiger partial charge on any atom is -0.493 e. The summed E-state index contributed by atoms with van der Waals surface area (Å²) < 4.78 is 48.5. The minimum absolute atomic E-state index is 0.116. The van der Waals surface area contributed by atoms with Crippen LogP contribution < -0.4 is 14.2 Å². The molecule has 0 amide bonds. The van der Waals surface area contributed by atoms with Crippen molar-refractivity contribution in [3.05, 3.63) is 87.4 Å². The van der Waals surface area contributed by atoms with Crippen molar-refractivity contribution in [1.29, 1.82) is 0 Å². The minimum atomic E-state index is -0.975. The highest BCUT2D eigenvalue weighted by Gasteiger charge is 2.21. The van der Waals surface area contributed by atoms with Crippen LogP contribution in [0.5, 0.6) is 17.2 Å². The van der Waals surface area contributed by atoms with Gasteiger partial charge < -0.3 is 28.4 Å². The van der Waals surface area contributed by atoms with Gasteiger partial charge in [-0.1, -0.05) is 148 Å². The summed E-state index contributed by atoms with van der Waals surface area (Å²) in [5.74, 6) is 1.14. The number of rotatable bonds is 44. The third-order valence-corrected chi connectivity index (χ3v) is 15.7. The number of esters is 3. The van der Waals surface area contributed by atoms with Crippen LogP contribution in [0.2, 0.25) is 0 Å². The van der Waals surface area contributed by atoms with E-state index in [1.807, 2.05) is 52.5 Å². The Balaban J connectivity index is 0.978. The fourth-order valence-corrected chi connectivity index (χ4v) is 11.1. The molecule has 0 bridgehead atoms. The van der Waals surface area contributed by atoms with Crippen LogP contribution in [0.4, 0.5) is 0 Å². The number of unbranched alkanes of at least 4 members (excludes halogenated alkanes) is 15. The molecule has 81 heavy (non-hydrogen) atoms. The molecule has 15 nitrogen and oxygen atoms in total. The highest BCUT2D eigenvalue weighted by molar-refractivity contribution is 7.04. The molecular formula is C63H86N6O9S3. The predicted octanol–water partition coefficient (Wildman–Crippen LogP) is 15.8. The smallest absolute Gasteiger partial charge is 0.306 e. The number of hydrogen-bond acceptors (Lipinski definition) is 18. The molecule has 18 heteroatoms. The van der Waals surface area contributed by atoms with Crippen LogP contribution in [0, 0.1) is 0 Å². The molecule has 0 radical (unpaired) electrons. The van der Waals surface area contributed by atoms with E-state index in [-0.39, 0.29) is 32.5 Å². The van der Waals surface area contributed by atoms with Crippen LogP contribution in [-0.4, -0.2) is 85.8 Å². The number of carbonyl (C=O) groups is 3. The molecule has 3 aromatic carbocycles. The van der Waals surface area contributed by atoms with E-state index in [0.717, 1.165) is 125 Å². The first-order valence-corrected chi connectivity index (χ1v) is 32.5. The van der Waals surface area contributed by atoms with Crippen LogP contribution >= 0.6 is 34.6 Å². The Morgan fingerprint density at radius 1 is 0.407 bits per heavy atom. The largest absolute Gasteiger partial charge is 0.493 e. The summed E-state index contributed by atoms with van der Waals surface area (Å²) in [7, 11) is 0. The average Bonchev–Trinajstić information content (AvgIpc) is 4.41. The molecule has 0 fully saturated rings. The Morgan fingerprint density at radius 3 is 1.06 bits per heavy atom. The monoisotopic (exact) mass is 1170 g/mol. The van der Waals surface area contributed by atoms with Gasteiger partial charge in [-0.15, -0.1) is 15.3 Å². The molecule has 0 spiro atoms. The van der Waals surface area contributed by atoms with Crippen LogP contribution in [0.3, 0.4) is 0 Å². The number of nitrogens with zero attached hydrogens (tertiary/aromatic N) is 6. The second-order valence-electron chi connectivity index (χ2n) is 20.6. The number of carbonyl (C=O) groups excluding carboxylic acids is 3. The van der Waals surface area contributed by atoms with Crippen LogP contribution in [0.15, 0.2) is 70.7 Å². The van der Waals surface area contributed by atoms with Gasteiger partial charge in [-0.3, -0.25) is 14.4 Å². The Hall–Kier alpha value is -5.85. The molecule has 0 N–H and O–H groups in total. The topological polar surface area (TPSA) is 184 Å². The first-order chi connectivity index (χ1) is 39.9. The summed E-state index contributed by atoms with van der Waals surface area (Å²) in [5.41, 5.74) is 9.07. The quantitative estimate of drug-likeness (QED) is 0.0200. The van der Waals surface area contributed by atoms with Gasteiger partial charge in [-0.25, -0.2) is 0 Å². The fraction of sp³-hybridized carbons (Fsp3) is 0.571. The summed E-state index contributed by atoms with van der Waals surface area (Å²) in [5, 5.41) is 18.9. The molecule has 0 unspecified atom stereocenters. The third-order valence-electron chi connectivity index (χ3n) is 14.2. The highest BCUT2D eigenvalue weighted by Crippen LogP contribution is 2.35. The van der Waals surface area contributed by atoms with E-state index in [9.17, 15) is 14.4 Å². The van der Waals surface area contributed by atoms with E-state index in [1.165, 1.54) is 92.4 Å². The number of aromatic nitrogens is 6. The normalized spacial score (nSPS) is 11.3. The van der Waals surface area contributed by atoms with Gasteiger partial charge in [0.2, 0.25) is 0 Å². The molecule has 3 heterocycles. The third kappa shape index (κ3) is 23.5. The van der Waals surface area contributed by atoms with Crippen molar-refractivity contribution in [1.82, 2.24) is 28.8 Å². The van der Waals surface area contributed by atoms with Gasteiger partial charge in [0.05, 0.1) is 19.8 Å². The lowest BCUT2D eigenvalue weighted by atomic mass is 9.98. The summed E-state index contributed by atoms with van der Waals surface area (Å²) in [6.45, 7) is 7.44. The Morgan fingerprint density at radius 2 is 0.741 bits per heavy atom. The van der Waals surface area contributed by atoms with E-state index in [0.29, 0.717) is 58.3 Å². The van der Waals surface area contributed by atoms with E-state index in [1.54, 1.807) is 0 Å². The zero-order chi connectivity index (χ0) is 57.0. The number of ether oxygens (including phenoxy) is 6. The maximum absolute atomic E-state index is 13.3. The van der Waals surface area contributed by atoms with Crippen molar-refractivity contribution in [2.75, 3.05) is 33.0 Å². The SMILES string of the molecule is CCCCCCCc1c(OCCCCC(=O)OCC(COC(=O)CCCCOc2cccc(-c3csnn3)c2CCCCCCC)OC(=O)CCCCOc2cccc(-c3csnn3)c2CCCCCCC)cccc1-c1csnn1. The van der Waals surface area contributed by atoms with Gasteiger partial charge in [0, 0.05) is 68.8 Å². The van der Waals surface area contributed by atoms with Crippen LogP contribution in [0.1, 0.15) is 192 Å². The van der Waals surface area contributed by atoms with E-state index in [2.05, 4.69) is 67.7 Å². The van der Waals surface area contributed by atoms with Gasteiger partial charge in [-0.2, -0.15) is 0 Å². The molecule has 0 atom stereocenters. The van der Waals surface area contributed by atoms with Crippen molar-refractivity contribution >= 4 is 52.5 Å². The molecule has 440 valence electrons. The van der Waals surface area contributed by atoms with E-state index >= 15 is 0 Å². The first-order valence-electron chi connectivity index (χ1n) is 29.9. The van der Waals surface area contributed by atoms with E-state index in [4.69, 9.17) is 28.4 Å². The van der Waals surface area contributed by atoms with Crippen LogP contribution in [0.25, 0.3) is 33.8 Å².